The quantitative estimate of drug-likeness (QED) is 0.685. The summed E-state index contributed by atoms with van der Waals surface area (Å²) in [6.07, 6.45) is 0. The minimum Gasteiger partial charge on any atom is -0.435 e. The van der Waals surface area contributed by atoms with E-state index >= 15 is 0 Å². The molecule has 7 heteroatoms. The zero-order valence-corrected chi connectivity index (χ0v) is 8.74. The predicted molar refractivity (Wildman–Crippen MR) is 58.0 cm³/mol. The number of carbonyl (C=O) groups is 1. The van der Waals surface area contributed by atoms with Crippen LogP contribution in [0, 0.1) is 0 Å². The number of ether oxygens (including phenoxy) is 1. The van der Waals surface area contributed by atoms with Crippen molar-refractivity contribution in [2.45, 2.75) is 6.61 Å². The first kappa shape index (κ1) is 12.8. The van der Waals surface area contributed by atoms with Gasteiger partial charge in [-0.2, -0.15) is 8.78 Å². The second-order valence-corrected chi connectivity index (χ2v) is 3.00. The van der Waals surface area contributed by atoms with E-state index in [1.165, 1.54) is 24.3 Å². The third-order valence-corrected chi connectivity index (χ3v) is 1.76. The van der Waals surface area contributed by atoms with Crippen LogP contribution >= 0.6 is 0 Å². The highest BCUT2D eigenvalue weighted by molar-refractivity contribution is 5.73. The Kier molecular flexibility index (Phi) is 4.27. The molecule has 5 nitrogen and oxygen atoms in total. The van der Waals surface area contributed by atoms with Gasteiger partial charge in [-0.3, -0.25) is 10.9 Å². The first-order chi connectivity index (χ1) is 7.99. The summed E-state index contributed by atoms with van der Waals surface area (Å²) in [5.41, 5.74) is 10.4. The van der Waals surface area contributed by atoms with Crippen LogP contribution in [0.25, 0.3) is 5.70 Å². The molecule has 0 atom stereocenters. The van der Waals surface area contributed by atoms with E-state index in [9.17, 15) is 13.6 Å². The minimum atomic E-state index is -2.86. The van der Waals surface area contributed by atoms with Gasteiger partial charge in [0.05, 0.1) is 5.70 Å². The maximum atomic E-state index is 11.9. The maximum absolute atomic E-state index is 11.9. The molecule has 1 rings (SSSR count). The van der Waals surface area contributed by atoms with E-state index in [2.05, 4.69) is 22.2 Å². The number of nitrogens with one attached hydrogen (secondary N) is 2. The Balaban J connectivity index is 2.60. The maximum Gasteiger partial charge on any atom is 0.387 e. The van der Waals surface area contributed by atoms with Gasteiger partial charge in [-0.1, -0.05) is 6.58 Å². The summed E-state index contributed by atoms with van der Waals surface area (Å²) in [4.78, 5) is 10.4. The average Bonchev–Trinajstić information content (AvgIpc) is 2.26. The van der Waals surface area contributed by atoms with Gasteiger partial charge in [0.15, 0.2) is 0 Å². The van der Waals surface area contributed by atoms with Crippen molar-refractivity contribution in [1.82, 2.24) is 10.9 Å². The number of alkyl halides is 2. The zero-order chi connectivity index (χ0) is 12.8. The number of rotatable bonds is 5. The Bertz CT molecular complexity index is 407. The number of hydrogen-bond donors (Lipinski definition) is 3. The van der Waals surface area contributed by atoms with Crippen LogP contribution < -0.4 is 21.3 Å². The lowest BCUT2D eigenvalue weighted by Crippen LogP contribution is -2.39. The fourth-order valence-electron chi connectivity index (χ4n) is 1.05. The Morgan fingerprint density at radius 1 is 1.29 bits per heavy atom. The third-order valence-electron chi connectivity index (χ3n) is 1.76. The summed E-state index contributed by atoms with van der Waals surface area (Å²) in [6.45, 7) is 0.755. The normalized spacial score (nSPS) is 9.82. The predicted octanol–water partition coefficient (Wildman–Crippen LogP) is 1.43. The van der Waals surface area contributed by atoms with Crippen molar-refractivity contribution in [3.8, 4) is 5.75 Å². The van der Waals surface area contributed by atoms with Crippen molar-refractivity contribution in [3.05, 3.63) is 36.4 Å². The molecule has 0 aliphatic carbocycles. The molecular weight excluding hydrogens is 232 g/mol. The fraction of sp³-hybridized carbons (Fsp3) is 0.100. The smallest absolute Gasteiger partial charge is 0.387 e. The molecular formula is C10H11F2N3O2. The van der Waals surface area contributed by atoms with Crippen molar-refractivity contribution >= 4 is 11.7 Å². The van der Waals surface area contributed by atoms with Gasteiger partial charge in [-0.15, -0.1) is 0 Å². The molecule has 0 radical (unpaired) electrons. The number of nitrogens with two attached hydrogens (primary N) is 1. The van der Waals surface area contributed by atoms with Crippen LogP contribution in [0.1, 0.15) is 5.56 Å². The number of carbonyl (C=O) groups excluding carboxylic acids is 1. The summed E-state index contributed by atoms with van der Waals surface area (Å²) in [5, 5.41) is 0. The van der Waals surface area contributed by atoms with Crippen LogP contribution in [0.3, 0.4) is 0 Å². The molecule has 1 aromatic carbocycles. The molecule has 0 spiro atoms. The number of urea groups is 1. The van der Waals surface area contributed by atoms with Crippen molar-refractivity contribution in [2.75, 3.05) is 0 Å². The highest BCUT2D eigenvalue weighted by atomic mass is 19.3. The van der Waals surface area contributed by atoms with E-state index in [1.807, 2.05) is 0 Å². The van der Waals surface area contributed by atoms with Crippen LogP contribution in [-0.4, -0.2) is 12.6 Å². The topological polar surface area (TPSA) is 76.4 Å². The van der Waals surface area contributed by atoms with E-state index in [4.69, 9.17) is 5.73 Å². The van der Waals surface area contributed by atoms with Crippen molar-refractivity contribution in [3.63, 3.8) is 0 Å². The molecule has 0 aliphatic rings. The van der Waals surface area contributed by atoms with Crippen LogP contribution in [-0.2, 0) is 0 Å². The van der Waals surface area contributed by atoms with Crippen LogP contribution in [0.4, 0.5) is 13.6 Å². The SMILES string of the molecule is C=C(NNC(N)=O)c1ccc(OC(F)F)cc1. The molecule has 92 valence electrons. The van der Waals surface area contributed by atoms with Gasteiger partial charge in [-0.05, 0) is 29.8 Å². The first-order valence-corrected chi connectivity index (χ1v) is 4.54. The largest absolute Gasteiger partial charge is 0.435 e. The van der Waals surface area contributed by atoms with Gasteiger partial charge < -0.3 is 10.5 Å². The molecule has 0 saturated heterocycles. The molecule has 0 aromatic heterocycles. The highest BCUT2D eigenvalue weighted by Gasteiger charge is 2.04. The van der Waals surface area contributed by atoms with E-state index < -0.39 is 12.6 Å². The van der Waals surface area contributed by atoms with Crippen molar-refractivity contribution in [2.24, 2.45) is 5.73 Å². The van der Waals surface area contributed by atoms with Crippen LogP contribution in [0.2, 0.25) is 0 Å². The van der Waals surface area contributed by atoms with Gasteiger partial charge in [0.25, 0.3) is 0 Å². The lowest BCUT2D eigenvalue weighted by Gasteiger charge is -2.10. The molecule has 0 saturated carbocycles. The van der Waals surface area contributed by atoms with Crippen LogP contribution in [0.5, 0.6) is 5.75 Å². The average molecular weight is 243 g/mol. The van der Waals surface area contributed by atoms with Gasteiger partial charge in [-0.25, -0.2) is 4.79 Å². The molecule has 0 aliphatic heterocycles. The van der Waals surface area contributed by atoms with E-state index in [0.29, 0.717) is 11.3 Å². The molecule has 0 fully saturated rings. The number of benzene rings is 1. The van der Waals surface area contributed by atoms with Gasteiger partial charge in [0.2, 0.25) is 0 Å². The van der Waals surface area contributed by atoms with Crippen molar-refractivity contribution in [1.29, 1.82) is 0 Å². The molecule has 17 heavy (non-hydrogen) atoms. The molecule has 0 bridgehead atoms. The summed E-state index contributed by atoms with van der Waals surface area (Å²) >= 11 is 0. The van der Waals surface area contributed by atoms with Crippen LogP contribution in [0.15, 0.2) is 30.8 Å². The lowest BCUT2D eigenvalue weighted by molar-refractivity contribution is -0.0498. The number of hydrazine groups is 1. The molecule has 2 amide bonds. The second kappa shape index (κ2) is 5.69. The Labute approximate surface area is 96.2 Å². The summed E-state index contributed by atoms with van der Waals surface area (Å²) in [6, 6.07) is 4.98. The highest BCUT2D eigenvalue weighted by Crippen LogP contribution is 2.17. The molecule has 1 aromatic rings. The molecule has 4 N–H and O–H groups in total. The number of primary amides is 1. The first-order valence-electron chi connectivity index (χ1n) is 4.54. The zero-order valence-electron chi connectivity index (χ0n) is 8.74. The van der Waals surface area contributed by atoms with E-state index in [1.54, 1.807) is 0 Å². The monoisotopic (exact) mass is 243 g/mol. The Morgan fingerprint density at radius 2 is 1.88 bits per heavy atom. The summed E-state index contributed by atoms with van der Waals surface area (Å²) in [5.74, 6) is 0.0411. The fourth-order valence-corrected chi connectivity index (χ4v) is 1.05. The Morgan fingerprint density at radius 3 is 2.35 bits per heavy atom. The number of halogens is 2. The minimum absolute atomic E-state index is 0.0411. The lowest BCUT2D eigenvalue weighted by atomic mass is 10.2. The number of hydrogen-bond acceptors (Lipinski definition) is 3. The summed E-state index contributed by atoms with van der Waals surface area (Å²) < 4.78 is 27.9. The van der Waals surface area contributed by atoms with E-state index in [0.717, 1.165) is 0 Å². The third kappa shape index (κ3) is 4.37. The van der Waals surface area contributed by atoms with Gasteiger partial charge >= 0.3 is 12.6 Å². The second-order valence-electron chi connectivity index (χ2n) is 3.00. The Hall–Kier alpha value is -2.31. The standard InChI is InChI=1S/C10H11F2N3O2/c1-6(14-15-10(13)16)7-2-4-8(5-3-7)17-9(11)12/h2-5,9,14H,1H2,(H3,13,15,16). The van der Waals surface area contributed by atoms with Crippen molar-refractivity contribution < 1.29 is 18.3 Å². The molecule has 0 unspecified atom stereocenters. The number of amides is 2. The van der Waals surface area contributed by atoms with E-state index in [-0.39, 0.29) is 5.75 Å². The van der Waals surface area contributed by atoms with Gasteiger partial charge in [0.1, 0.15) is 5.75 Å². The molecule has 0 heterocycles. The summed E-state index contributed by atoms with van der Waals surface area (Å²) in [7, 11) is 0. The van der Waals surface area contributed by atoms with Gasteiger partial charge in [0, 0.05) is 0 Å².